The van der Waals surface area contributed by atoms with E-state index in [1.165, 1.54) is 14.0 Å². The Morgan fingerprint density at radius 1 is 1.00 bits per heavy atom. The molecule has 254 valence electrons. The number of aliphatic hydroxyl groups is 3. The van der Waals surface area contributed by atoms with Gasteiger partial charge in [-0.1, -0.05) is 25.1 Å². The van der Waals surface area contributed by atoms with E-state index in [9.17, 15) is 24.9 Å². The van der Waals surface area contributed by atoms with Gasteiger partial charge in [0.15, 0.2) is 5.60 Å². The molecule has 7 bridgehead atoms. The van der Waals surface area contributed by atoms with Gasteiger partial charge in [0.1, 0.15) is 23.9 Å². The van der Waals surface area contributed by atoms with Gasteiger partial charge in [-0.3, -0.25) is 9.69 Å². The van der Waals surface area contributed by atoms with Crippen molar-refractivity contribution in [3.63, 3.8) is 0 Å². The average Bonchev–Trinajstić information content (AvgIpc) is 3.41. The quantitative estimate of drug-likeness (QED) is 0.323. The number of esters is 2. The fourth-order valence-corrected chi connectivity index (χ4v) is 12.3. The molecule has 1 aromatic carbocycles. The van der Waals surface area contributed by atoms with E-state index >= 15 is 0 Å². The van der Waals surface area contributed by atoms with Crippen LogP contribution in [-0.2, 0) is 33.2 Å². The van der Waals surface area contributed by atoms with Crippen molar-refractivity contribution in [3.8, 4) is 0 Å². The summed E-state index contributed by atoms with van der Waals surface area (Å²) in [6, 6.07) is 8.18. The lowest BCUT2D eigenvalue weighted by molar-refractivity contribution is -0.322. The van der Waals surface area contributed by atoms with Crippen molar-refractivity contribution in [2.24, 2.45) is 34.5 Å². The van der Waals surface area contributed by atoms with Gasteiger partial charge in [-0.2, -0.15) is 0 Å². The Bertz CT molecular complexity index is 1360. The number of fused-ring (bicyclic) bond motifs is 2. The zero-order valence-corrected chi connectivity index (χ0v) is 27.3. The maximum Gasteiger partial charge on any atom is 0.338 e. The number of carbonyl (C=O) groups excluding carboxylic acids is 2. The maximum absolute atomic E-state index is 13.8. The topological polar surface area (TPSA) is 153 Å². The molecule has 12 nitrogen and oxygen atoms in total. The van der Waals surface area contributed by atoms with Crippen LogP contribution in [0.1, 0.15) is 37.0 Å². The summed E-state index contributed by atoms with van der Waals surface area (Å²) in [5.74, 6) is -3.65. The molecule has 3 N–H and O–H groups in total. The van der Waals surface area contributed by atoms with Gasteiger partial charge < -0.3 is 43.7 Å². The highest BCUT2D eigenvalue weighted by molar-refractivity contribution is 5.89. The number of piperidine rings is 1. The van der Waals surface area contributed by atoms with E-state index in [1.807, 2.05) is 6.92 Å². The highest BCUT2D eigenvalue weighted by Gasteiger charge is 2.92. The maximum atomic E-state index is 13.8. The zero-order chi connectivity index (χ0) is 33.0. The summed E-state index contributed by atoms with van der Waals surface area (Å²) < 4.78 is 37.4. The van der Waals surface area contributed by atoms with Crippen LogP contribution in [0.15, 0.2) is 30.3 Å². The zero-order valence-electron chi connectivity index (χ0n) is 27.3. The highest BCUT2D eigenvalue weighted by Crippen LogP contribution is 2.80. The van der Waals surface area contributed by atoms with Crippen molar-refractivity contribution in [1.82, 2.24) is 4.90 Å². The van der Waals surface area contributed by atoms with Gasteiger partial charge >= 0.3 is 11.9 Å². The first-order valence-electron chi connectivity index (χ1n) is 16.3. The van der Waals surface area contributed by atoms with E-state index < -0.39 is 88.3 Å². The molecule has 5 saturated carbocycles. The van der Waals surface area contributed by atoms with E-state index in [0.29, 0.717) is 25.1 Å². The molecule has 0 aromatic heterocycles. The summed E-state index contributed by atoms with van der Waals surface area (Å²) in [7, 11) is 6.27. The normalized spacial score (nSPS) is 49.9. The lowest BCUT2D eigenvalue weighted by Gasteiger charge is -2.70. The third-order valence-corrected chi connectivity index (χ3v) is 13.2. The first kappa shape index (κ1) is 32.4. The average molecular weight is 646 g/mol. The summed E-state index contributed by atoms with van der Waals surface area (Å²) >= 11 is 0. The number of nitrogens with zero attached hydrogens (tertiary/aromatic N) is 1. The number of ether oxygens (including phenoxy) is 6. The van der Waals surface area contributed by atoms with Crippen LogP contribution in [-0.4, -0.2) is 134 Å². The predicted octanol–water partition coefficient (Wildman–Crippen LogP) is 0.648. The van der Waals surface area contributed by atoms with Crippen LogP contribution in [0.2, 0.25) is 0 Å². The van der Waals surface area contributed by atoms with Gasteiger partial charge in [0, 0.05) is 83.0 Å². The molecule has 12 heteroatoms. The molecule has 0 radical (unpaired) electrons. The molecule has 1 aliphatic heterocycles. The van der Waals surface area contributed by atoms with Crippen LogP contribution in [0.4, 0.5) is 0 Å². The van der Waals surface area contributed by atoms with E-state index in [4.69, 9.17) is 28.4 Å². The number of hydrogen-bond donors (Lipinski definition) is 3. The van der Waals surface area contributed by atoms with Gasteiger partial charge in [-0.15, -0.1) is 0 Å². The Kier molecular flexibility index (Phi) is 7.69. The molecule has 7 rings (SSSR count). The smallest absolute Gasteiger partial charge is 0.338 e. The first-order valence-corrected chi connectivity index (χ1v) is 16.3. The van der Waals surface area contributed by atoms with E-state index in [2.05, 4.69) is 4.90 Å². The summed E-state index contributed by atoms with van der Waals surface area (Å²) in [6.45, 7) is 4.68. The second kappa shape index (κ2) is 10.9. The molecule has 1 aromatic rings. The molecule has 1 heterocycles. The third-order valence-electron chi connectivity index (χ3n) is 13.2. The Morgan fingerprint density at radius 2 is 1.72 bits per heavy atom. The largest absolute Gasteiger partial charge is 0.455 e. The molecule has 6 aliphatic rings. The molecule has 6 fully saturated rings. The summed E-state index contributed by atoms with van der Waals surface area (Å²) in [5.41, 5.74) is -4.79. The Labute approximate surface area is 269 Å². The first-order chi connectivity index (χ1) is 22.0. The van der Waals surface area contributed by atoms with Crippen LogP contribution in [0.25, 0.3) is 0 Å². The Hall–Kier alpha value is -2.16. The number of rotatable bonds is 9. The minimum Gasteiger partial charge on any atom is -0.455 e. The predicted molar refractivity (Wildman–Crippen MR) is 160 cm³/mol. The standard InChI is InChI=1S/C34H47NO11/c1-7-35-15-31(16-41-3)20(37)13-21(42-4)33-19-14-32(40)28(45-30(39)18-11-9-8-10-12-18)22(19)34(46-17(2)36,27(38)29(32)44-6)23(26(33)35)24(43-5)25(31)33/h8-12,19-29,37-38,40H,7,13-16H2,1-6H3/t19-,20?,21?,22-,23?,24?,25-,26-,27?,28?,29?,31?,32+,33?,34-/m1/s1. The van der Waals surface area contributed by atoms with Crippen molar-refractivity contribution < 1.29 is 53.3 Å². The molecule has 15 atom stereocenters. The third kappa shape index (κ3) is 3.62. The van der Waals surface area contributed by atoms with Crippen molar-refractivity contribution >= 4 is 11.9 Å². The Morgan fingerprint density at radius 3 is 2.30 bits per heavy atom. The van der Waals surface area contributed by atoms with Gasteiger partial charge in [0.25, 0.3) is 0 Å². The molecule has 1 spiro atoms. The lowest BCUT2D eigenvalue weighted by Crippen LogP contribution is -2.81. The minimum atomic E-state index is -1.83. The number of methoxy groups -OCH3 is 4. The number of aliphatic hydroxyl groups excluding tert-OH is 2. The van der Waals surface area contributed by atoms with Crippen LogP contribution in [0, 0.1) is 34.5 Å². The molecule has 0 amide bonds. The molecule has 9 unspecified atom stereocenters. The Balaban J connectivity index is 1.53. The van der Waals surface area contributed by atoms with Gasteiger partial charge in [-0.05, 0) is 31.0 Å². The fourth-order valence-electron chi connectivity index (χ4n) is 12.3. The van der Waals surface area contributed by atoms with Crippen molar-refractivity contribution in [1.29, 1.82) is 0 Å². The fraction of sp³-hybridized carbons (Fsp3) is 0.765. The second-order valence-electron chi connectivity index (χ2n) is 14.4. The van der Waals surface area contributed by atoms with Crippen LogP contribution in [0.5, 0.6) is 0 Å². The van der Waals surface area contributed by atoms with Crippen LogP contribution < -0.4 is 0 Å². The van der Waals surface area contributed by atoms with Crippen LogP contribution in [0.3, 0.4) is 0 Å². The summed E-state index contributed by atoms with van der Waals surface area (Å²) in [6.07, 6.45) is -5.49. The van der Waals surface area contributed by atoms with Crippen molar-refractivity contribution in [2.75, 3.05) is 48.1 Å². The van der Waals surface area contributed by atoms with Crippen LogP contribution >= 0.6 is 0 Å². The molecule has 5 aliphatic carbocycles. The highest BCUT2D eigenvalue weighted by atomic mass is 16.6. The lowest BCUT2D eigenvalue weighted by atomic mass is 9.42. The number of benzene rings is 1. The van der Waals surface area contributed by atoms with Crippen molar-refractivity contribution in [2.45, 2.75) is 80.6 Å². The molecular formula is C34H47NO11. The van der Waals surface area contributed by atoms with Gasteiger partial charge in [-0.25, -0.2) is 4.79 Å². The summed E-state index contributed by atoms with van der Waals surface area (Å²) in [5, 5.41) is 37.3. The molecule has 46 heavy (non-hydrogen) atoms. The number of carbonyl (C=O) groups is 2. The van der Waals surface area contributed by atoms with E-state index in [-0.39, 0.29) is 25.0 Å². The number of hydrogen-bond acceptors (Lipinski definition) is 12. The monoisotopic (exact) mass is 645 g/mol. The summed E-state index contributed by atoms with van der Waals surface area (Å²) in [4.78, 5) is 29.3. The minimum absolute atomic E-state index is 0.0791. The molecular weight excluding hydrogens is 598 g/mol. The molecule has 1 saturated heterocycles. The van der Waals surface area contributed by atoms with E-state index in [0.717, 1.165) is 0 Å². The number of likely N-dealkylation sites (tertiary alicyclic amines) is 1. The van der Waals surface area contributed by atoms with E-state index in [1.54, 1.807) is 51.7 Å². The SMILES string of the molecule is CCN1CC2(COC)C(O)CC(OC)C34[C@@H]5C[C@@]6(O)C(OC)C(O)[C@](OC(C)=O)(C(C(OC)[C@H]23)[C@@H]14)[C@H]5C6OC(=O)c1ccccc1. The second-order valence-corrected chi connectivity index (χ2v) is 14.4. The van der Waals surface area contributed by atoms with Crippen molar-refractivity contribution in [3.05, 3.63) is 35.9 Å². The van der Waals surface area contributed by atoms with Gasteiger partial charge in [0.2, 0.25) is 0 Å². The van der Waals surface area contributed by atoms with Gasteiger partial charge in [0.05, 0.1) is 30.5 Å².